The number of rotatable bonds is 15. The van der Waals surface area contributed by atoms with E-state index in [-0.39, 0.29) is 0 Å². The highest BCUT2D eigenvalue weighted by Crippen LogP contribution is 2.48. The topological polar surface area (TPSA) is 86.7 Å². The highest BCUT2D eigenvalue weighted by Gasteiger charge is 2.63. The first-order valence-corrected chi connectivity index (χ1v) is 11.9. The number of aliphatic hydroxyl groups is 3. The zero-order valence-corrected chi connectivity index (χ0v) is 18.3. The molecule has 5 atom stereocenters. The first-order chi connectivity index (χ1) is 14.0. The van der Waals surface area contributed by atoms with E-state index in [1.807, 2.05) is 30.3 Å². The Balaban J connectivity index is 1.60. The average molecular weight is 406 g/mol. The van der Waals surface area contributed by atoms with Crippen molar-refractivity contribution in [2.45, 2.75) is 120 Å². The van der Waals surface area contributed by atoms with Gasteiger partial charge in [0.2, 0.25) is 0 Å². The van der Waals surface area contributed by atoms with Gasteiger partial charge in [-0.3, -0.25) is 0 Å². The maximum Gasteiger partial charge on any atom is 0.117 e. The van der Waals surface area contributed by atoms with E-state index in [0.717, 1.165) is 18.4 Å². The van der Waals surface area contributed by atoms with Gasteiger partial charge in [-0.2, -0.15) is 0 Å². The summed E-state index contributed by atoms with van der Waals surface area (Å²) >= 11 is 0. The lowest BCUT2D eigenvalue weighted by Crippen LogP contribution is -2.76. The summed E-state index contributed by atoms with van der Waals surface area (Å²) in [6.45, 7) is 2.25. The van der Waals surface area contributed by atoms with E-state index < -0.39 is 29.8 Å². The van der Waals surface area contributed by atoms with Crippen LogP contribution < -0.4 is 5.73 Å². The average Bonchev–Trinajstić information content (AvgIpc) is 2.74. The molecular weight excluding hydrogens is 362 g/mol. The SMILES string of the molecule is CCCCCCCCCCCCCC[C@@H](O)[C@]1(O)C(c2ccccc2)C(O)[C@@H]1N. The third-order valence-electron chi connectivity index (χ3n) is 6.77. The number of unbranched alkanes of at least 4 members (excludes halogenated alkanes) is 11. The summed E-state index contributed by atoms with van der Waals surface area (Å²) in [4.78, 5) is 0. The van der Waals surface area contributed by atoms with Crippen LogP contribution in [0.15, 0.2) is 30.3 Å². The second-order valence-corrected chi connectivity index (χ2v) is 8.99. The van der Waals surface area contributed by atoms with Crippen LogP contribution in [0.2, 0.25) is 0 Å². The minimum atomic E-state index is -1.45. The summed E-state index contributed by atoms with van der Waals surface area (Å²) < 4.78 is 0. The number of hydrogen-bond donors (Lipinski definition) is 4. The van der Waals surface area contributed by atoms with E-state index in [0.29, 0.717) is 6.42 Å². The van der Waals surface area contributed by atoms with Crippen molar-refractivity contribution in [1.82, 2.24) is 0 Å². The van der Waals surface area contributed by atoms with Crippen LogP contribution in [-0.2, 0) is 0 Å². The third-order valence-corrected chi connectivity index (χ3v) is 6.77. The van der Waals surface area contributed by atoms with Crippen molar-refractivity contribution in [2.75, 3.05) is 0 Å². The van der Waals surface area contributed by atoms with Gasteiger partial charge in [-0.25, -0.2) is 0 Å². The van der Waals surface area contributed by atoms with Crippen LogP contribution in [-0.4, -0.2) is 39.2 Å². The molecule has 1 aromatic carbocycles. The fourth-order valence-electron chi connectivity index (χ4n) is 4.81. The Morgan fingerprint density at radius 3 is 1.86 bits per heavy atom. The Morgan fingerprint density at radius 1 is 0.862 bits per heavy atom. The van der Waals surface area contributed by atoms with E-state index in [1.165, 1.54) is 64.2 Å². The minimum absolute atomic E-state index is 0.522. The molecule has 1 aliphatic rings. The molecule has 0 bridgehead atoms. The largest absolute Gasteiger partial charge is 0.391 e. The van der Waals surface area contributed by atoms with Gasteiger partial charge >= 0.3 is 0 Å². The van der Waals surface area contributed by atoms with Crippen LogP contribution in [0, 0.1) is 0 Å². The van der Waals surface area contributed by atoms with Gasteiger partial charge in [0.15, 0.2) is 0 Å². The van der Waals surface area contributed by atoms with Crippen LogP contribution in [0.5, 0.6) is 0 Å². The van der Waals surface area contributed by atoms with E-state index in [1.54, 1.807) is 0 Å². The molecule has 0 saturated heterocycles. The van der Waals surface area contributed by atoms with Gasteiger partial charge in [-0.15, -0.1) is 0 Å². The Hall–Kier alpha value is -0.940. The van der Waals surface area contributed by atoms with Gasteiger partial charge in [-0.05, 0) is 12.0 Å². The summed E-state index contributed by atoms with van der Waals surface area (Å²) in [5, 5.41) is 32.0. The molecule has 1 fully saturated rings. The van der Waals surface area contributed by atoms with Crippen molar-refractivity contribution in [2.24, 2.45) is 5.73 Å². The molecule has 29 heavy (non-hydrogen) atoms. The zero-order chi connectivity index (χ0) is 21.1. The smallest absolute Gasteiger partial charge is 0.117 e. The second kappa shape index (κ2) is 12.7. The Labute approximate surface area is 177 Å². The van der Waals surface area contributed by atoms with Gasteiger partial charge in [-0.1, -0.05) is 114 Å². The van der Waals surface area contributed by atoms with E-state index in [4.69, 9.17) is 5.73 Å². The molecule has 0 radical (unpaired) electrons. The summed E-state index contributed by atoms with van der Waals surface area (Å²) in [7, 11) is 0. The molecule has 0 aliphatic heterocycles. The van der Waals surface area contributed by atoms with E-state index in [9.17, 15) is 15.3 Å². The lowest BCUT2D eigenvalue weighted by atomic mass is 9.57. The molecule has 4 nitrogen and oxygen atoms in total. The molecular formula is C25H43NO3. The van der Waals surface area contributed by atoms with Gasteiger partial charge in [0.05, 0.1) is 18.2 Å². The van der Waals surface area contributed by atoms with Crippen LogP contribution >= 0.6 is 0 Å². The number of hydrogen-bond acceptors (Lipinski definition) is 4. The summed E-state index contributed by atoms with van der Waals surface area (Å²) in [5.41, 5.74) is 5.39. The summed E-state index contributed by atoms with van der Waals surface area (Å²) in [5.74, 6) is -0.522. The molecule has 166 valence electrons. The highest BCUT2D eigenvalue weighted by atomic mass is 16.4. The van der Waals surface area contributed by atoms with Gasteiger partial charge in [0, 0.05) is 5.92 Å². The molecule has 1 aliphatic carbocycles. The maximum absolute atomic E-state index is 11.1. The molecule has 0 spiro atoms. The normalized spacial score (nSPS) is 27.6. The standard InChI is InChI=1S/C25H43NO3/c1-2-3-4-5-6-7-8-9-10-11-12-16-19-21(27)25(29)22(23(28)24(25)26)20-17-14-13-15-18-20/h13-15,17-18,21-24,27-29H,2-12,16,19,26H2,1H3/t21-,22?,23?,24+,25+/m1/s1. The van der Waals surface area contributed by atoms with Gasteiger partial charge in [0.25, 0.3) is 0 Å². The number of aliphatic hydroxyl groups excluding tert-OH is 2. The summed E-state index contributed by atoms with van der Waals surface area (Å²) in [6.07, 6.45) is 14.0. The van der Waals surface area contributed by atoms with Crippen molar-refractivity contribution in [3.63, 3.8) is 0 Å². The zero-order valence-electron chi connectivity index (χ0n) is 18.3. The molecule has 2 rings (SSSR count). The predicted octanol–water partition coefficient (Wildman–Crippen LogP) is 4.66. The molecule has 2 unspecified atom stereocenters. The Morgan fingerprint density at radius 2 is 1.34 bits per heavy atom. The van der Waals surface area contributed by atoms with Crippen LogP contribution in [0.4, 0.5) is 0 Å². The van der Waals surface area contributed by atoms with Crippen molar-refractivity contribution < 1.29 is 15.3 Å². The van der Waals surface area contributed by atoms with E-state index in [2.05, 4.69) is 6.92 Å². The molecule has 5 N–H and O–H groups in total. The van der Waals surface area contributed by atoms with Crippen LogP contribution in [0.1, 0.15) is 102 Å². The number of nitrogens with two attached hydrogens (primary N) is 1. The van der Waals surface area contributed by atoms with Gasteiger partial charge < -0.3 is 21.1 Å². The third kappa shape index (κ3) is 6.52. The quantitative estimate of drug-likeness (QED) is 0.320. The maximum atomic E-state index is 11.1. The van der Waals surface area contributed by atoms with Crippen molar-refractivity contribution >= 4 is 0 Å². The fourth-order valence-corrected chi connectivity index (χ4v) is 4.81. The van der Waals surface area contributed by atoms with Crippen molar-refractivity contribution in [3.8, 4) is 0 Å². The van der Waals surface area contributed by atoms with Crippen LogP contribution in [0.25, 0.3) is 0 Å². The van der Waals surface area contributed by atoms with Gasteiger partial charge in [0.1, 0.15) is 5.60 Å². The molecule has 0 aromatic heterocycles. The Bertz CT molecular complexity index is 552. The number of benzene rings is 1. The molecule has 0 amide bonds. The predicted molar refractivity (Wildman–Crippen MR) is 120 cm³/mol. The minimum Gasteiger partial charge on any atom is -0.391 e. The lowest BCUT2D eigenvalue weighted by molar-refractivity contribution is -0.211. The van der Waals surface area contributed by atoms with Crippen LogP contribution in [0.3, 0.4) is 0 Å². The molecule has 1 saturated carbocycles. The van der Waals surface area contributed by atoms with Crippen molar-refractivity contribution in [3.05, 3.63) is 35.9 Å². The monoisotopic (exact) mass is 405 g/mol. The first-order valence-electron chi connectivity index (χ1n) is 11.9. The lowest BCUT2D eigenvalue weighted by Gasteiger charge is -2.56. The summed E-state index contributed by atoms with van der Waals surface area (Å²) in [6, 6.07) is 8.60. The fraction of sp³-hybridized carbons (Fsp3) is 0.760. The second-order valence-electron chi connectivity index (χ2n) is 8.99. The highest BCUT2D eigenvalue weighted by molar-refractivity contribution is 5.34. The molecule has 0 heterocycles. The van der Waals surface area contributed by atoms with Crippen molar-refractivity contribution in [1.29, 1.82) is 0 Å². The molecule has 4 heteroatoms. The first kappa shape index (κ1) is 24.3. The Kier molecular flexibility index (Phi) is 10.6. The van der Waals surface area contributed by atoms with E-state index >= 15 is 0 Å². The molecule has 1 aromatic rings.